The molecule has 0 saturated heterocycles. The molecule has 330 valence electrons. The summed E-state index contributed by atoms with van der Waals surface area (Å²) in [7, 11) is 0. The number of para-hydroxylation sites is 6. The standard InChI is InChI=1S/C66H46N4/c1-5-17-51(18-6-1)67(57-42-44-65-62(45-57)60-26-14-16-28-64(60)69(65)53-21-9-3-10-22-53)55-37-33-49(34-38-55)47-29-31-48(32-30-47)50-35-39-56(40-36-50)68(52-19-7-2-8-20-52)58-41-43-61-59-25-13-15-27-63(59)70(66(61)46-58)54-23-11-4-12-24-54/h1-46H. The highest BCUT2D eigenvalue weighted by molar-refractivity contribution is 6.12. The molecule has 70 heavy (non-hydrogen) atoms. The molecular weight excluding hydrogens is 849 g/mol. The predicted octanol–water partition coefficient (Wildman–Crippen LogP) is 18.2. The first-order chi connectivity index (χ1) is 34.7. The average molecular weight is 895 g/mol. The lowest BCUT2D eigenvalue weighted by Crippen LogP contribution is -2.10. The molecule has 13 aromatic rings. The Morgan fingerprint density at radius 3 is 1.00 bits per heavy atom. The fourth-order valence-electron chi connectivity index (χ4n) is 10.4. The van der Waals surface area contributed by atoms with E-state index in [4.69, 9.17) is 0 Å². The molecule has 11 aromatic carbocycles. The van der Waals surface area contributed by atoms with Crippen LogP contribution in [0.4, 0.5) is 34.1 Å². The highest BCUT2D eigenvalue weighted by atomic mass is 15.1. The van der Waals surface area contributed by atoms with E-state index in [9.17, 15) is 0 Å². The van der Waals surface area contributed by atoms with E-state index in [1.54, 1.807) is 0 Å². The second-order valence-electron chi connectivity index (χ2n) is 17.8. The number of fused-ring (bicyclic) bond motifs is 6. The molecule has 0 amide bonds. The Bertz CT molecular complexity index is 3950. The molecule has 4 heteroatoms. The molecule has 2 aromatic heterocycles. The van der Waals surface area contributed by atoms with Gasteiger partial charge in [0.2, 0.25) is 0 Å². The van der Waals surface area contributed by atoms with Gasteiger partial charge in [0.15, 0.2) is 0 Å². The summed E-state index contributed by atoms with van der Waals surface area (Å²) in [5.41, 5.74) is 18.3. The van der Waals surface area contributed by atoms with E-state index >= 15 is 0 Å². The summed E-state index contributed by atoms with van der Waals surface area (Å²) >= 11 is 0. The average Bonchev–Trinajstić information content (AvgIpc) is 3.95. The third-order valence-corrected chi connectivity index (χ3v) is 13.7. The predicted molar refractivity (Wildman–Crippen MR) is 295 cm³/mol. The maximum atomic E-state index is 2.38. The molecular formula is C66H46N4. The van der Waals surface area contributed by atoms with Crippen molar-refractivity contribution in [2.75, 3.05) is 9.80 Å². The van der Waals surface area contributed by atoms with Crippen molar-refractivity contribution in [2.24, 2.45) is 0 Å². The Morgan fingerprint density at radius 2 is 0.514 bits per heavy atom. The number of rotatable bonds is 10. The van der Waals surface area contributed by atoms with Gasteiger partial charge in [-0.15, -0.1) is 0 Å². The number of benzene rings is 11. The zero-order chi connectivity index (χ0) is 46.4. The minimum Gasteiger partial charge on any atom is -0.310 e. The van der Waals surface area contributed by atoms with Crippen LogP contribution in [0.1, 0.15) is 0 Å². The third kappa shape index (κ3) is 7.18. The molecule has 0 aliphatic rings. The van der Waals surface area contributed by atoms with Crippen LogP contribution in [0, 0.1) is 0 Å². The molecule has 0 saturated carbocycles. The van der Waals surface area contributed by atoms with Crippen LogP contribution in [0.3, 0.4) is 0 Å². The van der Waals surface area contributed by atoms with E-state index in [1.807, 2.05) is 0 Å². The van der Waals surface area contributed by atoms with E-state index in [0.29, 0.717) is 0 Å². The van der Waals surface area contributed by atoms with Crippen molar-refractivity contribution >= 4 is 77.7 Å². The fourth-order valence-corrected chi connectivity index (χ4v) is 10.4. The van der Waals surface area contributed by atoms with E-state index in [0.717, 1.165) is 45.5 Å². The van der Waals surface area contributed by atoms with Crippen LogP contribution in [-0.2, 0) is 0 Å². The molecule has 0 bridgehead atoms. The fraction of sp³-hybridized carbons (Fsp3) is 0. The highest BCUT2D eigenvalue weighted by Crippen LogP contribution is 2.42. The largest absolute Gasteiger partial charge is 0.310 e. The first kappa shape index (κ1) is 40.9. The van der Waals surface area contributed by atoms with Gasteiger partial charge in [-0.25, -0.2) is 0 Å². The van der Waals surface area contributed by atoms with Crippen LogP contribution in [0.15, 0.2) is 279 Å². The zero-order valence-corrected chi connectivity index (χ0v) is 38.3. The summed E-state index contributed by atoms with van der Waals surface area (Å²) in [6.45, 7) is 0. The highest BCUT2D eigenvalue weighted by Gasteiger charge is 2.20. The van der Waals surface area contributed by atoms with E-state index in [2.05, 4.69) is 298 Å². The van der Waals surface area contributed by atoms with Gasteiger partial charge in [-0.3, -0.25) is 0 Å². The van der Waals surface area contributed by atoms with Crippen molar-refractivity contribution in [1.82, 2.24) is 9.13 Å². The summed E-state index contributed by atoms with van der Waals surface area (Å²) < 4.78 is 4.75. The van der Waals surface area contributed by atoms with Crippen molar-refractivity contribution in [1.29, 1.82) is 0 Å². The van der Waals surface area contributed by atoms with Gasteiger partial charge in [-0.1, -0.05) is 164 Å². The van der Waals surface area contributed by atoms with Gasteiger partial charge >= 0.3 is 0 Å². The van der Waals surface area contributed by atoms with Crippen molar-refractivity contribution in [2.45, 2.75) is 0 Å². The number of anilines is 6. The second-order valence-corrected chi connectivity index (χ2v) is 17.8. The van der Waals surface area contributed by atoms with Crippen LogP contribution in [0.25, 0.3) is 77.2 Å². The van der Waals surface area contributed by atoms with Crippen LogP contribution in [0.5, 0.6) is 0 Å². The zero-order valence-electron chi connectivity index (χ0n) is 38.3. The van der Waals surface area contributed by atoms with Gasteiger partial charge in [0.05, 0.1) is 22.1 Å². The van der Waals surface area contributed by atoms with Crippen molar-refractivity contribution in [3.05, 3.63) is 279 Å². The molecule has 0 aliphatic carbocycles. The molecule has 0 N–H and O–H groups in total. The normalized spacial score (nSPS) is 11.4. The molecule has 2 heterocycles. The van der Waals surface area contributed by atoms with Gasteiger partial charge in [-0.2, -0.15) is 0 Å². The molecule has 0 atom stereocenters. The Balaban J connectivity index is 0.802. The van der Waals surface area contributed by atoms with Gasteiger partial charge in [0.1, 0.15) is 0 Å². The Hall–Kier alpha value is -9.38. The summed E-state index contributed by atoms with van der Waals surface area (Å²) in [4.78, 5) is 4.71. The van der Waals surface area contributed by atoms with Crippen molar-refractivity contribution < 1.29 is 0 Å². The maximum Gasteiger partial charge on any atom is 0.0561 e. The molecule has 0 spiro atoms. The Morgan fingerprint density at radius 1 is 0.200 bits per heavy atom. The molecule has 4 nitrogen and oxygen atoms in total. The van der Waals surface area contributed by atoms with Gasteiger partial charge < -0.3 is 18.9 Å². The minimum absolute atomic E-state index is 1.09. The lowest BCUT2D eigenvalue weighted by atomic mass is 9.99. The van der Waals surface area contributed by atoms with Gasteiger partial charge in [0, 0.05) is 67.0 Å². The monoisotopic (exact) mass is 894 g/mol. The van der Waals surface area contributed by atoms with Crippen molar-refractivity contribution in [3.8, 4) is 33.6 Å². The number of aromatic nitrogens is 2. The lowest BCUT2D eigenvalue weighted by Gasteiger charge is -2.26. The molecule has 0 radical (unpaired) electrons. The molecule has 0 fully saturated rings. The van der Waals surface area contributed by atoms with Crippen molar-refractivity contribution in [3.63, 3.8) is 0 Å². The first-order valence-corrected chi connectivity index (χ1v) is 23.9. The summed E-state index contributed by atoms with van der Waals surface area (Å²) in [6.07, 6.45) is 0. The minimum atomic E-state index is 1.09. The smallest absolute Gasteiger partial charge is 0.0561 e. The number of hydrogen-bond acceptors (Lipinski definition) is 2. The van der Waals surface area contributed by atoms with Gasteiger partial charge in [-0.05, 0) is 138 Å². The SMILES string of the molecule is c1ccc(N(c2ccc(-c3ccc(-c4ccc(N(c5ccccc5)c5ccc6c7ccccc7n(-c7ccccc7)c6c5)cc4)cc3)cc2)c2ccc3c(c2)c2ccccc2n3-c2ccccc2)cc1. The van der Waals surface area contributed by atoms with Crippen LogP contribution >= 0.6 is 0 Å². The third-order valence-electron chi connectivity index (χ3n) is 13.7. The maximum absolute atomic E-state index is 2.38. The Kier molecular flexibility index (Phi) is 10.1. The number of hydrogen-bond donors (Lipinski definition) is 0. The van der Waals surface area contributed by atoms with Crippen LogP contribution in [-0.4, -0.2) is 9.13 Å². The van der Waals surface area contributed by atoms with Gasteiger partial charge in [0.25, 0.3) is 0 Å². The molecule has 0 unspecified atom stereocenters. The van der Waals surface area contributed by atoms with Crippen LogP contribution in [0.2, 0.25) is 0 Å². The van der Waals surface area contributed by atoms with E-state index in [-0.39, 0.29) is 0 Å². The van der Waals surface area contributed by atoms with Crippen LogP contribution < -0.4 is 9.80 Å². The quantitative estimate of drug-likeness (QED) is 0.136. The topological polar surface area (TPSA) is 16.3 Å². The lowest BCUT2D eigenvalue weighted by molar-refractivity contribution is 1.18. The number of nitrogens with zero attached hydrogens (tertiary/aromatic N) is 4. The Labute approximate surface area is 407 Å². The molecule has 0 aliphatic heterocycles. The summed E-state index contributed by atoms with van der Waals surface area (Å²) in [6, 6.07) is 101. The summed E-state index contributed by atoms with van der Waals surface area (Å²) in [5, 5.41) is 4.94. The molecule has 13 rings (SSSR count). The first-order valence-electron chi connectivity index (χ1n) is 23.9. The second kappa shape index (κ2) is 17.4. The van der Waals surface area contributed by atoms with E-state index in [1.165, 1.54) is 65.9 Å². The van der Waals surface area contributed by atoms with E-state index < -0.39 is 0 Å². The summed E-state index contributed by atoms with van der Waals surface area (Å²) in [5.74, 6) is 0.